The second-order valence-corrected chi connectivity index (χ2v) is 7.69. The summed E-state index contributed by atoms with van der Waals surface area (Å²) in [6.45, 7) is 3.54. The van der Waals surface area contributed by atoms with Crippen LogP contribution in [0.1, 0.15) is 24.8 Å². The van der Waals surface area contributed by atoms with E-state index >= 15 is 0 Å². The van der Waals surface area contributed by atoms with Crippen LogP contribution in [0, 0.1) is 0 Å². The smallest absolute Gasteiger partial charge is 0.120 e. The molecule has 0 amide bonds. The van der Waals surface area contributed by atoms with Gasteiger partial charge in [0.15, 0.2) is 0 Å². The fraction of sp³-hybridized carbons (Fsp3) is 0.478. The van der Waals surface area contributed by atoms with Gasteiger partial charge in [0.05, 0.1) is 13.2 Å². The van der Waals surface area contributed by atoms with Gasteiger partial charge >= 0.3 is 0 Å². The quantitative estimate of drug-likeness (QED) is 0.821. The zero-order valence-electron chi connectivity index (χ0n) is 16.1. The van der Waals surface area contributed by atoms with Crippen LogP contribution in [0.15, 0.2) is 42.5 Å². The second-order valence-electron chi connectivity index (χ2n) is 7.69. The number of ether oxygens (including phenoxy) is 2. The van der Waals surface area contributed by atoms with Gasteiger partial charge < -0.3 is 19.5 Å². The molecule has 2 aliphatic heterocycles. The van der Waals surface area contributed by atoms with E-state index in [1.165, 1.54) is 16.5 Å². The molecule has 5 heteroatoms. The normalized spacial score (nSPS) is 20.1. The molecule has 1 atom stereocenters. The minimum atomic E-state index is -0.694. The molecule has 0 spiro atoms. The van der Waals surface area contributed by atoms with E-state index < -0.39 is 12.3 Å². The minimum absolute atomic E-state index is 0.232. The fourth-order valence-corrected chi connectivity index (χ4v) is 4.03. The Morgan fingerprint density at radius 2 is 2.04 bits per heavy atom. The van der Waals surface area contributed by atoms with E-state index in [0.717, 1.165) is 24.2 Å². The van der Waals surface area contributed by atoms with Crippen molar-refractivity contribution in [3.63, 3.8) is 0 Å². The van der Waals surface area contributed by atoms with E-state index in [4.69, 9.17) is 9.47 Å². The third kappa shape index (κ3) is 4.72. The molecule has 1 N–H and O–H groups in total. The summed E-state index contributed by atoms with van der Waals surface area (Å²) < 4.78 is 24.7. The van der Waals surface area contributed by atoms with Gasteiger partial charge in [-0.2, -0.15) is 0 Å². The Morgan fingerprint density at radius 1 is 1.21 bits per heavy atom. The highest BCUT2D eigenvalue weighted by Crippen LogP contribution is 2.33. The summed E-state index contributed by atoms with van der Waals surface area (Å²) in [4.78, 5) is 2.11. The Balaban J connectivity index is 1.45. The zero-order chi connectivity index (χ0) is 19.3. The van der Waals surface area contributed by atoms with Crippen LogP contribution >= 0.6 is 0 Å². The molecule has 0 bridgehead atoms. The topological polar surface area (TPSA) is 41.9 Å². The van der Waals surface area contributed by atoms with E-state index in [1.54, 1.807) is 0 Å². The molecule has 1 fully saturated rings. The molecule has 1 unspecified atom stereocenters. The summed E-state index contributed by atoms with van der Waals surface area (Å²) in [5.74, 6) is 0.766. The number of fused-ring (bicyclic) bond motifs is 1. The van der Waals surface area contributed by atoms with Crippen LogP contribution in [0.4, 0.5) is 4.39 Å². The van der Waals surface area contributed by atoms with Gasteiger partial charge in [0.2, 0.25) is 0 Å². The summed E-state index contributed by atoms with van der Waals surface area (Å²) in [5.41, 5.74) is 2.46. The monoisotopic (exact) mass is 385 g/mol. The second kappa shape index (κ2) is 9.03. The Hall–Kier alpha value is -1.95. The third-order valence-corrected chi connectivity index (χ3v) is 5.57. The van der Waals surface area contributed by atoms with Crippen molar-refractivity contribution in [1.82, 2.24) is 4.90 Å². The van der Waals surface area contributed by atoms with Crippen LogP contribution in [-0.2, 0) is 4.74 Å². The molecule has 28 heavy (non-hydrogen) atoms. The lowest BCUT2D eigenvalue weighted by Gasteiger charge is -2.30. The first kappa shape index (κ1) is 19.4. The fourth-order valence-electron chi connectivity index (χ4n) is 4.03. The number of aliphatic hydroxyl groups is 1. The lowest BCUT2D eigenvalue weighted by atomic mass is 9.95. The molecule has 4 nitrogen and oxygen atoms in total. The van der Waals surface area contributed by atoms with Gasteiger partial charge in [-0.1, -0.05) is 30.3 Å². The van der Waals surface area contributed by atoms with Crippen molar-refractivity contribution < 1.29 is 19.0 Å². The van der Waals surface area contributed by atoms with Gasteiger partial charge in [0.25, 0.3) is 0 Å². The van der Waals surface area contributed by atoms with Crippen LogP contribution in [0.5, 0.6) is 5.75 Å². The highest BCUT2D eigenvalue weighted by molar-refractivity contribution is 5.95. The first-order valence-corrected chi connectivity index (χ1v) is 10.2. The molecular formula is C23H28FNO3. The molecule has 4 rings (SSSR count). The van der Waals surface area contributed by atoms with E-state index in [9.17, 15) is 9.50 Å². The van der Waals surface area contributed by atoms with Crippen LogP contribution in [-0.4, -0.2) is 61.7 Å². The lowest BCUT2D eigenvalue weighted by molar-refractivity contribution is 0.0508. The average molecular weight is 385 g/mol. The van der Waals surface area contributed by atoms with Gasteiger partial charge in [-0.15, -0.1) is 0 Å². The van der Waals surface area contributed by atoms with Gasteiger partial charge in [0.1, 0.15) is 24.6 Å². The van der Waals surface area contributed by atoms with Gasteiger partial charge in [-0.25, -0.2) is 4.39 Å². The summed E-state index contributed by atoms with van der Waals surface area (Å²) in [7, 11) is 0. The van der Waals surface area contributed by atoms with Crippen molar-refractivity contribution in [2.24, 2.45) is 0 Å². The number of piperidine rings is 1. The number of halogens is 1. The summed E-state index contributed by atoms with van der Waals surface area (Å²) in [6, 6.07) is 12.4. The van der Waals surface area contributed by atoms with Crippen LogP contribution in [0.2, 0.25) is 0 Å². The maximum absolute atomic E-state index is 13.3. The highest BCUT2D eigenvalue weighted by atomic mass is 19.1. The Labute approximate surface area is 165 Å². The number of β-amino-alcohol motifs (C(OH)–C–C–N with tert-alkyl or cyclic N) is 1. The Kier molecular flexibility index (Phi) is 6.25. The van der Waals surface area contributed by atoms with Crippen molar-refractivity contribution in [3.05, 3.63) is 48.0 Å². The number of benzene rings is 2. The minimum Gasteiger partial charge on any atom is -0.491 e. The Morgan fingerprint density at radius 3 is 2.82 bits per heavy atom. The number of alkyl halides is 1. The molecule has 0 saturated carbocycles. The summed E-state index contributed by atoms with van der Waals surface area (Å²) in [6.07, 6.45) is 2.85. The number of rotatable bonds is 6. The molecule has 2 heterocycles. The standard InChI is InChI=1S/C23H28FNO3/c24-19-5-9-25(10-6-19)15-20(26)16-28-21-13-18-3-1-2-4-22(18)23(14-21)17-7-11-27-12-8-17/h1-4,7,13-14,19-20,26H,5-6,8-12,15-16H2. The van der Waals surface area contributed by atoms with Crippen molar-refractivity contribution in [2.45, 2.75) is 31.5 Å². The van der Waals surface area contributed by atoms with Crippen molar-refractivity contribution in [2.75, 3.05) is 39.5 Å². The van der Waals surface area contributed by atoms with Crippen molar-refractivity contribution >= 4 is 16.3 Å². The predicted octanol–water partition coefficient (Wildman–Crippen LogP) is 3.82. The summed E-state index contributed by atoms with van der Waals surface area (Å²) in [5, 5.41) is 12.7. The largest absolute Gasteiger partial charge is 0.491 e. The van der Waals surface area contributed by atoms with Crippen molar-refractivity contribution in [3.8, 4) is 5.75 Å². The Bertz CT molecular complexity index is 830. The first-order valence-electron chi connectivity index (χ1n) is 10.2. The summed E-state index contributed by atoms with van der Waals surface area (Å²) >= 11 is 0. The van der Waals surface area contributed by atoms with Crippen LogP contribution < -0.4 is 4.74 Å². The van der Waals surface area contributed by atoms with E-state index in [0.29, 0.717) is 39.1 Å². The van der Waals surface area contributed by atoms with Crippen LogP contribution in [0.25, 0.3) is 16.3 Å². The number of hydrogen-bond donors (Lipinski definition) is 1. The van der Waals surface area contributed by atoms with E-state index in [-0.39, 0.29) is 6.61 Å². The van der Waals surface area contributed by atoms with E-state index in [2.05, 4.69) is 35.2 Å². The maximum atomic E-state index is 13.3. The molecule has 0 aliphatic carbocycles. The third-order valence-electron chi connectivity index (χ3n) is 5.57. The SMILES string of the molecule is OC(COc1cc(C2=CCOCC2)c2ccccc2c1)CN1CCC(F)CC1. The molecule has 0 aromatic heterocycles. The number of nitrogens with zero attached hydrogens (tertiary/aromatic N) is 1. The van der Waals surface area contributed by atoms with Gasteiger partial charge in [-0.3, -0.25) is 0 Å². The lowest BCUT2D eigenvalue weighted by Crippen LogP contribution is -2.41. The molecule has 2 aliphatic rings. The van der Waals surface area contributed by atoms with Crippen LogP contribution in [0.3, 0.4) is 0 Å². The number of hydrogen-bond acceptors (Lipinski definition) is 4. The van der Waals surface area contributed by atoms with Crippen molar-refractivity contribution in [1.29, 1.82) is 0 Å². The predicted molar refractivity (Wildman–Crippen MR) is 109 cm³/mol. The molecular weight excluding hydrogens is 357 g/mol. The molecule has 1 saturated heterocycles. The van der Waals surface area contributed by atoms with Gasteiger partial charge in [-0.05, 0) is 53.3 Å². The molecule has 2 aromatic carbocycles. The van der Waals surface area contributed by atoms with E-state index in [1.807, 2.05) is 12.1 Å². The first-order chi connectivity index (χ1) is 13.7. The van der Waals surface area contributed by atoms with Gasteiger partial charge in [0, 0.05) is 19.6 Å². The molecule has 150 valence electrons. The highest BCUT2D eigenvalue weighted by Gasteiger charge is 2.21. The zero-order valence-corrected chi connectivity index (χ0v) is 16.1. The number of aliphatic hydroxyl groups excluding tert-OH is 1. The number of likely N-dealkylation sites (tertiary alicyclic amines) is 1. The maximum Gasteiger partial charge on any atom is 0.120 e. The molecule has 2 aromatic rings. The molecule has 0 radical (unpaired) electrons. The average Bonchev–Trinajstić information content (AvgIpc) is 2.74.